The summed E-state index contributed by atoms with van der Waals surface area (Å²) in [5.41, 5.74) is 4.04. The lowest BCUT2D eigenvalue weighted by molar-refractivity contribution is -0.149. The molecule has 35 heavy (non-hydrogen) atoms. The fraction of sp³-hybridized carbons (Fsp3) is 0.464. The zero-order valence-electron chi connectivity index (χ0n) is 20.0. The molecule has 0 unspecified atom stereocenters. The van der Waals surface area contributed by atoms with Gasteiger partial charge in [0.1, 0.15) is 6.61 Å². The molecule has 3 aliphatic rings. The first-order valence-corrected chi connectivity index (χ1v) is 12.5. The van der Waals surface area contributed by atoms with Crippen LogP contribution in [0.2, 0.25) is 0 Å². The Bertz CT molecular complexity index is 1100. The second kappa shape index (κ2) is 9.36. The van der Waals surface area contributed by atoms with E-state index in [9.17, 15) is 19.5 Å². The van der Waals surface area contributed by atoms with Crippen LogP contribution in [0.3, 0.4) is 0 Å². The molecule has 2 aromatic carbocycles. The molecular formula is C28H32N2O5. The third kappa shape index (κ3) is 4.40. The summed E-state index contributed by atoms with van der Waals surface area (Å²) >= 11 is 0. The molecule has 1 saturated heterocycles. The molecule has 0 radical (unpaired) electrons. The van der Waals surface area contributed by atoms with E-state index in [0.717, 1.165) is 17.5 Å². The summed E-state index contributed by atoms with van der Waals surface area (Å²) in [5, 5.41) is 12.5. The number of hydrogen-bond donors (Lipinski definition) is 2. The predicted molar refractivity (Wildman–Crippen MR) is 131 cm³/mol. The molecule has 1 aliphatic heterocycles. The molecule has 1 heterocycles. The number of fused-ring (bicyclic) bond motifs is 3. The molecule has 0 aromatic heterocycles. The summed E-state index contributed by atoms with van der Waals surface area (Å²) in [6.07, 6.45) is 3.30. The van der Waals surface area contributed by atoms with E-state index in [1.807, 2.05) is 31.2 Å². The lowest BCUT2D eigenvalue weighted by Gasteiger charge is -2.44. The molecule has 7 nitrogen and oxygen atoms in total. The quantitative estimate of drug-likeness (QED) is 0.638. The third-order valence-corrected chi connectivity index (χ3v) is 8.14. The number of hydrogen-bond acceptors (Lipinski definition) is 4. The molecule has 2 aromatic rings. The van der Waals surface area contributed by atoms with Gasteiger partial charge in [-0.05, 0) is 61.3 Å². The smallest absolute Gasteiger partial charge is 0.407 e. The van der Waals surface area contributed by atoms with E-state index in [-0.39, 0.29) is 30.9 Å². The van der Waals surface area contributed by atoms with Gasteiger partial charge in [0.05, 0.1) is 17.9 Å². The van der Waals surface area contributed by atoms with Crippen LogP contribution in [0, 0.1) is 5.92 Å². The van der Waals surface area contributed by atoms with Crippen molar-refractivity contribution in [3.8, 4) is 11.1 Å². The number of alkyl carbamates (subject to hydrolysis) is 1. The highest BCUT2D eigenvalue weighted by molar-refractivity contribution is 5.81. The number of carboxylic acids is 1. The average Bonchev–Trinajstić information content (AvgIpc) is 3.15. The highest BCUT2D eigenvalue weighted by Gasteiger charge is 2.44. The maximum Gasteiger partial charge on any atom is 0.407 e. The SMILES string of the molecule is C[C@H]1[C@@H](C(=O)O)CCCN1C(=O)CC1(NC(=O)OCC2c3ccccc3-c3ccccc32)CCC1. The summed E-state index contributed by atoms with van der Waals surface area (Å²) < 4.78 is 5.72. The fourth-order valence-corrected chi connectivity index (χ4v) is 6.02. The zero-order chi connectivity index (χ0) is 24.6. The Kier molecular flexibility index (Phi) is 6.26. The summed E-state index contributed by atoms with van der Waals surface area (Å²) in [6.45, 7) is 2.60. The minimum absolute atomic E-state index is 0.0192. The van der Waals surface area contributed by atoms with E-state index < -0.39 is 23.5 Å². The maximum absolute atomic E-state index is 13.1. The molecular weight excluding hydrogens is 444 g/mol. The summed E-state index contributed by atoms with van der Waals surface area (Å²) in [7, 11) is 0. The van der Waals surface area contributed by atoms with Gasteiger partial charge in [0.15, 0.2) is 0 Å². The topological polar surface area (TPSA) is 95.9 Å². The number of benzene rings is 2. The molecule has 0 bridgehead atoms. The van der Waals surface area contributed by atoms with Crippen molar-refractivity contribution in [1.29, 1.82) is 0 Å². The number of nitrogens with one attached hydrogen (secondary N) is 1. The van der Waals surface area contributed by atoms with Crippen molar-refractivity contribution in [2.75, 3.05) is 13.2 Å². The first-order valence-electron chi connectivity index (χ1n) is 12.5. The van der Waals surface area contributed by atoms with Crippen molar-refractivity contribution >= 4 is 18.0 Å². The molecule has 7 heteroatoms. The standard InChI is InChI=1S/C28H32N2O5/c1-18-19(26(32)33)12-6-15-30(18)25(31)16-28(13-7-14-28)29-27(34)35-17-24-22-10-4-2-8-20(22)21-9-3-5-11-23(21)24/h2-5,8-11,18-19,24H,6-7,12-17H2,1H3,(H,29,34)(H,32,33)/t18-,19-/m0/s1. The number of nitrogens with zero attached hydrogens (tertiary/aromatic N) is 1. The summed E-state index contributed by atoms with van der Waals surface area (Å²) in [4.78, 5) is 39.2. The molecule has 0 spiro atoms. The van der Waals surface area contributed by atoms with Crippen LogP contribution in [-0.2, 0) is 14.3 Å². The molecule has 1 saturated carbocycles. The fourth-order valence-electron chi connectivity index (χ4n) is 6.02. The van der Waals surface area contributed by atoms with Crippen molar-refractivity contribution in [1.82, 2.24) is 10.2 Å². The zero-order valence-corrected chi connectivity index (χ0v) is 20.0. The van der Waals surface area contributed by atoms with Crippen LogP contribution in [0.25, 0.3) is 11.1 Å². The number of amides is 2. The molecule has 2 amide bonds. The van der Waals surface area contributed by atoms with E-state index >= 15 is 0 Å². The molecule has 5 rings (SSSR count). The highest BCUT2D eigenvalue weighted by Crippen LogP contribution is 2.44. The summed E-state index contributed by atoms with van der Waals surface area (Å²) in [5.74, 6) is -1.51. The van der Waals surface area contributed by atoms with Gasteiger partial charge in [-0.1, -0.05) is 48.5 Å². The lowest BCUT2D eigenvalue weighted by Crippen LogP contribution is -2.58. The number of carbonyl (C=O) groups excluding carboxylic acids is 2. The number of rotatable bonds is 6. The van der Waals surface area contributed by atoms with E-state index in [0.29, 0.717) is 32.2 Å². The third-order valence-electron chi connectivity index (χ3n) is 8.14. The van der Waals surface area contributed by atoms with Gasteiger partial charge >= 0.3 is 12.1 Å². The Morgan fingerprint density at radius 3 is 2.23 bits per heavy atom. The van der Waals surface area contributed by atoms with Gasteiger partial charge in [-0.25, -0.2) is 4.79 Å². The van der Waals surface area contributed by atoms with Gasteiger partial charge in [0.25, 0.3) is 0 Å². The monoisotopic (exact) mass is 476 g/mol. The van der Waals surface area contributed by atoms with Gasteiger partial charge < -0.3 is 20.1 Å². The number of piperidine rings is 1. The van der Waals surface area contributed by atoms with Gasteiger partial charge in [0.2, 0.25) is 5.91 Å². The first-order chi connectivity index (χ1) is 16.9. The number of carboxylic acid groups (broad SMARTS) is 1. The van der Waals surface area contributed by atoms with Crippen LogP contribution in [0.15, 0.2) is 48.5 Å². The molecule has 2 fully saturated rings. The first kappa shape index (κ1) is 23.4. The molecule has 184 valence electrons. The van der Waals surface area contributed by atoms with E-state index in [2.05, 4.69) is 29.6 Å². The average molecular weight is 477 g/mol. The van der Waals surface area contributed by atoms with Crippen LogP contribution < -0.4 is 5.32 Å². The summed E-state index contributed by atoms with van der Waals surface area (Å²) in [6, 6.07) is 16.1. The minimum Gasteiger partial charge on any atom is -0.481 e. The normalized spacial score (nSPS) is 22.5. The van der Waals surface area contributed by atoms with E-state index in [1.54, 1.807) is 4.90 Å². The second-order valence-corrected chi connectivity index (χ2v) is 10.2. The number of likely N-dealkylation sites (tertiary alicyclic amines) is 1. The molecule has 2 atom stereocenters. The molecule has 2 N–H and O–H groups in total. The lowest BCUT2D eigenvalue weighted by atomic mass is 9.74. The minimum atomic E-state index is -0.856. The van der Waals surface area contributed by atoms with Crippen LogP contribution >= 0.6 is 0 Å². The Morgan fingerprint density at radius 2 is 1.66 bits per heavy atom. The van der Waals surface area contributed by atoms with Gasteiger partial charge in [-0.15, -0.1) is 0 Å². The van der Waals surface area contributed by atoms with Crippen molar-refractivity contribution in [3.05, 3.63) is 59.7 Å². The van der Waals surface area contributed by atoms with Crippen molar-refractivity contribution < 1.29 is 24.2 Å². The number of carbonyl (C=O) groups is 3. The van der Waals surface area contributed by atoms with Crippen molar-refractivity contribution in [3.63, 3.8) is 0 Å². The second-order valence-electron chi connectivity index (χ2n) is 10.2. The van der Waals surface area contributed by atoms with E-state index in [4.69, 9.17) is 4.74 Å². The Labute approximate surface area is 205 Å². The Balaban J connectivity index is 1.22. The number of ether oxygens (including phenoxy) is 1. The van der Waals surface area contributed by atoms with Gasteiger partial charge in [-0.2, -0.15) is 0 Å². The van der Waals surface area contributed by atoms with Gasteiger partial charge in [0, 0.05) is 18.5 Å². The highest BCUT2D eigenvalue weighted by atomic mass is 16.5. The Hall–Kier alpha value is -3.35. The van der Waals surface area contributed by atoms with Gasteiger partial charge in [-0.3, -0.25) is 9.59 Å². The predicted octanol–water partition coefficient (Wildman–Crippen LogP) is 4.55. The largest absolute Gasteiger partial charge is 0.481 e. The van der Waals surface area contributed by atoms with Crippen molar-refractivity contribution in [2.45, 2.75) is 62.9 Å². The van der Waals surface area contributed by atoms with Crippen molar-refractivity contribution in [2.24, 2.45) is 5.92 Å². The van der Waals surface area contributed by atoms with Crippen LogP contribution in [0.4, 0.5) is 4.79 Å². The molecule has 2 aliphatic carbocycles. The van der Waals surface area contributed by atoms with Crippen LogP contribution in [0.1, 0.15) is 62.5 Å². The van der Waals surface area contributed by atoms with Crippen LogP contribution in [0.5, 0.6) is 0 Å². The number of aliphatic carboxylic acids is 1. The van der Waals surface area contributed by atoms with Crippen LogP contribution in [-0.4, -0.2) is 52.7 Å². The Morgan fingerprint density at radius 1 is 1.03 bits per heavy atom. The van der Waals surface area contributed by atoms with E-state index in [1.165, 1.54) is 11.1 Å². The maximum atomic E-state index is 13.1.